The van der Waals surface area contributed by atoms with E-state index in [9.17, 15) is 0 Å². The van der Waals surface area contributed by atoms with Crippen LogP contribution in [0.3, 0.4) is 0 Å². The van der Waals surface area contributed by atoms with E-state index < -0.39 is 0 Å². The van der Waals surface area contributed by atoms with E-state index in [1.54, 1.807) is 7.11 Å². The molecule has 0 saturated heterocycles. The Bertz CT molecular complexity index is 440. The highest BCUT2D eigenvalue weighted by Crippen LogP contribution is 2.59. The number of hydrogen-bond acceptors (Lipinski definition) is 2. The lowest BCUT2D eigenvalue weighted by molar-refractivity contribution is -0.0787. The highest BCUT2D eigenvalue weighted by Gasteiger charge is 2.52. The zero-order valence-corrected chi connectivity index (χ0v) is 12.3. The molecule has 3 aliphatic rings. The molecule has 2 heteroatoms. The summed E-state index contributed by atoms with van der Waals surface area (Å²) in [6.07, 6.45) is 4.15. The maximum atomic E-state index is 5.41. The van der Waals surface area contributed by atoms with Crippen LogP contribution in [-0.4, -0.2) is 13.2 Å². The maximum Gasteiger partial charge on any atom is 0.123 e. The first-order valence-electron chi connectivity index (χ1n) is 7.46. The molecule has 2 unspecified atom stereocenters. The number of methoxy groups -OCH3 is 1. The average molecular weight is 259 g/mol. The van der Waals surface area contributed by atoms with E-state index >= 15 is 0 Å². The number of fused-ring (bicyclic) bond motifs is 2. The molecule has 19 heavy (non-hydrogen) atoms. The lowest BCUT2D eigenvalue weighted by Crippen LogP contribution is -2.55. The number of nitrogens with one attached hydrogen (secondary N) is 1. The number of ether oxygens (including phenoxy) is 1. The zero-order chi connectivity index (χ0) is 13.5. The normalized spacial score (nSPS) is 31.6. The van der Waals surface area contributed by atoms with E-state index in [-0.39, 0.29) is 0 Å². The topological polar surface area (TPSA) is 21.3 Å². The summed E-state index contributed by atoms with van der Waals surface area (Å²) in [5.74, 6) is 2.86. The van der Waals surface area contributed by atoms with Gasteiger partial charge in [0.15, 0.2) is 0 Å². The predicted molar refractivity (Wildman–Crippen MR) is 78.2 cm³/mol. The van der Waals surface area contributed by atoms with Crippen molar-refractivity contribution in [2.45, 2.75) is 45.7 Å². The summed E-state index contributed by atoms with van der Waals surface area (Å²) < 4.78 is 5.41. The van der Waals surface area contributed by atoms with E-state index in [1.165, 1.54) is 24.8 Å². The number of rotatable bonds is 4. The minimum absolute atomic E-state index is 0.600. The molecule has 0 aromatic heterocycles. The first kappa shape index (κ1) is 13.0. The van der Waals surface area contributed by atoms with E-state index in [1.807, 2.05) is 12.1 Å². The maximum absolute atomic E-state index is 5.41. The third-order valence-electron chi connectivity index (χ3n) is 5.59. The van der Waals surface area contributed by atoms with Crippen LogP contribution in [0.5, 0.6) is 5.75 Å². The highest BCUT2D eigenvalue weighted by molar-refractivity contribution is 5.33. The Morgan fingerprint density at radius 3 is 2.47 bits per heavy atom. The third-order valence-corrected chi connectivity index (χ3v) is 5.59. The fourth-order valence-corrected chi connectivity index (χ4v) is 3.98. The Hall–Kier alpha value is -1.02. The highest BCUT2D eigenvalue weighted by atomic mass is 16.5. The van der Waals surface area contributed by atoms with Crippen LogP contribution in [0.4, 0.5) is 0 Å². The van der Waals surface area contributed by atoms with Crippen molar-refractivity contribution >= 4 is 0 Å². The predicted octanol–water partition coefficient (Wildman–Crippen LogP) is 3.61. The van der Waals surface area contributed by atoms with E-state index in [0.717, 1.165) is 24.1 Å². The van der Waals surface area contributed by atoms with Crippen LogP contribution in [0.1, 0.15) is 38.7 Å². The van der Waals surface area contributed by atoms with E-state index in [4.69, 9.17) is 4.74 Å². The van der Waals surface area contributed by atoms with Crippen molar-refractivity contribution in [3.63, 3.8) is 0 Å². The standard InChI is InChI=1S/C17H25NO/c1-17(2)13-8-14(17)10-15(9-13)18-11-12-6-4-5-7-16(12)19-3/h4-7,13-15,18H,8-11H2,1-3H3. The molecule has 2 nitrogen and oxygen atoms in total. The molecule has 3 aliphatic carbocycles. The Morgan fingerprint density at radius 1 is 1.16 bits per heavy atom. The largest absolute Gasteiger partial charge is 0.496 e. The van der Waals surface area contributed by atoms with E-state index in [2.05, 4.69) is 31.3 Å². The van der Waals surface area contributed by atoms with Crippen LogP contribution in [0.15, 0.2) is 24.3 Å². The van der Waals surface area contributed by atoms with Crippen molar-refractivity contribution in [1.29, 1.82) is 0 Å². The first-order chi connectivity index (χ1) is 9.11. The second-order valence-corrected chi connectivity index (χ2v) is 6.81. The molecule has 1 N–H and O–H groups in total. The second kappa shape index (κ2) is 4.82. The molecule has 2 bridgehead atoms. The van der Waals surface area contributed by atoms with Crippen LogP contribution in [0.25, 0.3) is 0 Å². The Kier molecular flexibility index (Phi) is 3.30. The molecule has 2 atom stereocenters. The monoisotopic (exact) mass is 259 g/mol. The van der Waals surface area contributed by atoms with Crippen LogP contribution in [0.2, 0.25) is 0 Å². The molecule has 3 saturated carbocycles. The Balaban J connectivity index is 1.57. The van der Waals surface area contributed by atoms with Gasteiger partial charge in [-0.05, 0) is 42.6 Å². The van der Waals surface area contributed by atoms with Gasteiger partial charge in [-0.3, -0.25) is 0 Å². The first-order valence-corrected chi connectivity index (χ1v) is 7.46. The molecule has 0 radical (unpaired) electrons. The smallest absolute Gasteiger partial charge is 0.123 e. The molecular formula is C17H25NO. The quantitative estimate of drug-likeness (QED) is 0.892. The minimum Gasteiger partial charge on any atom is -0.496 e. The number of para-hydroxylation sites is 1. The molecule has 0 spiro atoms. The summed E-state index contributed by atoms with van der Waals surface area (Å²) in [5.41, 5.74) is 1.87. The summed E-state index contributed by atoms with van der Waals surface area (Å²) in [6, 6.07) is 9.00. The van der Waals surface area contributed by atoms with Crippen LogP contribution in [0, 0.1) is 17.3 Å². The van der Waals surface area contributed by atoms with Crippen molar-refractivity contribution in [3.05, 3.63) is 29.8 Å². The molecular weight excluding hydrogens is 234 g/mol. The number of benzene rings is 1. The number of hydrogen-bond donors (Lipinski definition) is 1. The summed E-state index contributed by atoms with van der Waals surface area (Å²) in [6.45, 7) is 5.82. The molecule has 1 aromatic rings. The molecule has 104 valence electrons. The van der Waals surface area contributed by atoms with Crippen molar-refractivity contribution in [1.82, 2.24) is 5.32 Å². The van der Waals surface area contributed by atoms with Crippen molar-refractivity contribution in [2.24, 2.45) is 17.3 Å². The van der Waals surface area contributed by atoms with Gasteiger partial charge < -0.3 is 10.1 Å². The van der Waals surface area contributed by atoms with Crippen molar-refractivity contribution in [3.8, 4) is 5.75 Å². The Morgan fingerprint density at radius 2 is 1.84 bits per heavy atom. The summed E-state index contributed by atoms with van der Waals surface area (Å²) in [5, 5.41) is 3.73. The second-order valence-electron chi connectivity index (χ2n) is 6.81. The van der Waals surface area contributed by atoms with Crippen molar-refractivity contribution in [2.75, 3.05) is 7.11 Å². The van der Waals surface area contributed by atoms with Crippen molar-refractivity contribution < 1.29 is 4.74 Å². The summed E-state index contributed by atoms with van der Waals surface area (Å²) in [7, 11) is 1.75. The van der Waals surface area contributed by atoms with E-state index in [0.29, 0.717) is 11.5 Å². The molecule has 1 aromatic carbocycles. The average Bonchev–Trinajstić information content (AvgIpc) is 2.45. The Labute approximate surface area is 116 Å². The summed E-state index contributed by atoms with van der Waals surface area (Å²) in [4.78, 5) is 0. The fraction of sp³-hybridized carbons (Fsp3) is 0.647. The van der Waals surface area contributed by atoms with Gasteiger partial charge in [-0.1, -0.05) is 32.0 Å². The van der Waals surface area contributed by atoms with Crippen LogP contribution < -0.4 is 10.1 Å². The van der Waals surface area contributed by atoms with Gasteiger partial charge in [0.25, 0.3) is 0 Å². The minimum atomic E-state index is 0.600. The van der Waals surface area contributed by atoms with Gasteiger partial charge in [-0.2, -0.15) is 0 Å². The zero-order valence-electron chi connectivity index (χ0n) is 12.3. The molecule has 0 aliphatic heterocycles. The molecule has 0 heterocycles. The van der Waals surface area contributed by atoms with Gasteiger partial charge in [0, 0.05) is 18.2 Å². The third kappa shape index (κ3) is 2.27. The van der Waals surface area contributed by atoms with Gasteiger partial charge in [0.1, 0.15) is 5.75 Å². The molecule has 0 amide bonds. The fourth-order valence-electron chi connectivity index (χ4n) is 3.98. The van der Waals surface area contributed by atoms with Crippen LogP contribution in [-0.2, 0) is 6.54 Å². The molecule has 4 rings (SSSR count). The van der Waals surface area contributed by atoms with Gasteiger partial charge >= 0.3 is 0 Å². The lowest BCUT2D eigenvalue weighted by Gasteiger charge is -2.59. The van der Waals surface area contributed by atoms with Gasteiger partial charge in [-0.25, -0.2) is 0 Å². The van der Waals surface area contributed by atoms with Gasteiger partial charge in [-0.15, -0.1) is 0 Å². The van der Waals surface area contributed by atoms with Gasteiger partial charge in [0.2, 0.25) is 0 Å². The van der Waals surface area contributed by atoms with Gasteiger partial charge in [0.05, 0.1) is 7.11 Å². The van der Waals surface area contributed by atoms with Crippen LogP contribution >= 0.6 is 0 Å². The summed E-state index contributed by atoms with van der Waals surface area (Å²) >= 11 is 0. The molecule has 3 fully saturated rings. The SMILES string of the molecule is COc1ccccc1CNC1CC2CC(C1)C2(C)C. The lowest BCUT2D eigenvalue weighted by atomic mass is 9.48.